The van der Waals surface area contributed by atoms with Crippen molar-refractivity contribution in [2.24, 2.45) is 0 Å². The minimum Gasteiger partial charge on any atom is -0.326 e. The zero-order chi connectivity index (χ0) is 22.8. The number of hydrogen-bond donors (Lipinski definition) is 1. The first-order valence-electron chi connectivity index (χ1n) is 10.3. The minimum atomic E-state index is -0.452. The zero-order valence-corrected chi connectivity index (χ0v) is 18.4. The first-order chi connectivity index (χ1) is 16.1. The average Bonchev–Trinajstić information content (AvgIpc) is 3.23. The summed E-state index contributed by atoms with van der Waals surface area (Å²) >= 11 is 1.23. The molecule has 1 atom stereocenters. The van der Waals surface area contributed by atoms with Crippen LogP contribution in [0.15, 0.2) is 72.1 Å². The van der Waals surface area contributed by atoms with Gasteiger partial charge in [0.2, 0.25) is 11.1 Å². The molecule has 8 nitrogen and oxygen atoms in total. The predicted molar refractivity (Wildman–Crippen MR) is 125 cm³/mol. The van der Waals surface area contributed by atoms with E-state index in [1.807, 2.05) is 36.4 Å². The predicted octanol–water partition coefficient (Wildman–Crippen LogP) is 3.85. The van der Waals surface area contributed by atoms with Crippen LogP contribution in [0.3, 0.4) is 0 Å². The van der Waals surface area contributed by atoms with Crippen molar-refractivity contribution in [2.45, 2.75) is 23.8 Å². The fraction of sp³-hybridized carbons (Fsp3) is 0.125. The lowest BCUT2D eigenvalue weighted by Gasteiger charge is -2.12. The van der Waals surface area contributed by atoms with Crippen LogP contribution in [0.4, 0.5) is 5.69 Å². The molecule has 162 valence electrons. The molecule has 0 radical (unpaired) electrons. The molecule has 33 heavy (non-hydrogen) atoms. The molecule has 5 rings (SSSR count). The second-order valence-corrected chi connectivity index (χ2v) is 8.75. The molecule has 3 aromatic heterocycles. The van der Waals surface area contributed by atoms with Crippen LogP contribution in [0.25, 0.3) is 22.8 Å². The van der Waals surface area contributed by atoms with Crippen LogP contribution in [0.5, 0.6) is 0 Å². The number of anilines is 1. The van der Waals surface area contributed by atoms with Crippen molar-refractivity contribution in [3.05, 3.63) is 78.1 Å². The van der Waals surface area contributed by atoms with Crippen LogP contribution < -0.4 is 5.32 Å². The molecule has 9 heteroatoms. The van der Waals surface area contributed by atoms with Crippen molar-refractivity contribution in [3.8, 4) is 22.8 Å². The molecule has 0 unspecified atom stereocenters. The van der Waals surface area contributed by atoms with Crippen LogP contribution >= 0.6 is 11.8 Å². The lowest BCUT2D eigenvalue weighted by molar-refractivity contribution is -0.115. The lowest BCUT2D eigenvalue weighted by Crippen LogP contribution is -2.15. The molecule has 4 heterocycles. The summed E-state index contributed by atoms with van der Waals surface area (Å²) < 4.78 is 0. The molecular weight excluding hydrogens is 436 g/mol. The highest BCUT2D eigenvalue weighted by molar-refractivity contribution is 8.00. The molecule has 0 saturated heterocycles. The van der Waals surface area contributed by atoms with E-state index in [4.69, 9.17) is 0 Å². The van der Waals surface area contributed by atoms with Crippen LogP contribution in [0.2, 0.25) is 0 Å². The number of pyridine rings is 2. The smallest absolute Gasteiger partial charge is 0.228 e. The third-order valence-electron chi connectivity index (χ3n) is 5.15. The highest BCUT2D eigenvalue weighted by Gasteiger charge is 2.24. The SMILES string of the molecule is C[C@@H](Sc1nnc(-c2ccccn2)c(-c2ccccn2)n1)C(=O)c1ccc2c(c1)CC(=O)N2. The Kier molecular flexibility index (Phi) is 5.62. The number of ketones is 1. The number of thioether (sulfide) groups is 1. The Bertz CT molecular complexity index is 1350. The van der Waals surface area contributed by atoms with Gasteiger partial charge in [-0.15, -0.1) is 10.2 Å². The van der Waals surface area contributed by atoms with E-state index in [1.54, 1.807) is 37.5 Å². The molecule has 1 aliphatic rings. The summed E-state index contributed by atoms with van der Waals surface area (Å²) in [6.07, 6.45) is 3.65. The van der Waals surface area contributed by atoms with E-state index in [0.29, 0.717) is 33.5 Å². The monoisotopic (exact) mass is 454 g/mol. The van der Waals surface area contributed by atoms with Crippen molar-refractivity contribution >= 4 is 29.1 Å². The summed E-state index contributed by atoms with van der Waals surface area (Å²) in [6, 6.07) is 16.4. The molecule has 1 amide bonds. The fourth-order valence-electron chi connectivity index (χ4n) is 3.55. The van der Waals surface area contributed by atoms with Crippen molar-refractivity contribution in [3.63, 3.8) is 0 Å². The maximum absolute atomic E-state index is 13.0. The molecule has 0 aliphatic carbocycles. The number of nitrogens with zero attached hydrogens (tertiary/aromatic N) is 5. The number of amides is 1. The zero-order valence-electron chi connectivity index (χ0n) is 17.6. The number of nitrogens with one attached hydrogen (secondary N) is 1. The van der Waals surface area contributed by atoms with E-state index in [2.05, 4.69) is 30.5 Å². The van der Waals surface area contributed by atoms with E-state index in [9.17, 15) is 9.59 Å². The highest BCUT2D eigenvalue weighted by atomic mass is 32.2. The van der Waals surface area contributed by atoms with Crippen LogP contribution in [-0.4, -0.2) is 42.1 Å². The summed E-state index contributed by atoms with van der Waals surface area (Å²) in [5, 5.41) is 11.3. The molecule has 1 aromatic carbocycles. The van der Waals surface area contributed by atoms with Gasteiger partial charge < -0.3 is 5.32 Å². The molecular formula is C24H18N6O2S. The van der Waals surface area contributed by atoms with Gasteiger partial charge in [0.15, 0.2) is 5.78 Å². The van der Waals surface area contributed by atoms with Gasteiger partial charge in [-0.3, -0.25) is 19.6 Å². The van der Waals surface area contributed by atoms with Crippen molar-refractivity contribution < 1.29 is 9.59 Å². The number of hydrogen-bond acceptors (Lipinski definition) is 8. The van der Waals surface area contributed by atoms with E-state index in [0.717, 1.165) is 11.3 Å². The first-order valence-corrected chi connectivity index (χ1v) is 11.2. The summed E-state index contributed by atoms with van der Waals surface area (Å²) in [6.45, 7) is 1.81. The average molecular weight is 455 g/mol. The van der Waals surface area contributed by atoms with Gasteiger partial charge >= 0.3 is 0 Å². The number of rotatable bonds is 6. The summed E-state index contributed by atoms with van der Waals surface area (Å²) in [4.78, 5) is 38.1. The first kappa shape index (κ1) is 20.9. The summed E-state index contributed by atoms with van der Waals surface area (Å²) in [5.41, 5.74) is 4.49. The second kappa shape index (κ2) is 8.87. The Morgan fingerprint density at radius 3 is 2.39 bits per heavy atom. The maximum atomic E-state index is 13.0. The van der Waals surface area contributed by atoms with Gasteiger partial charge in [0.05, 0.1) is 23.1 Å². The maximum Gasteiger partial charge on any atom is 0.228 e. The van der Waals surface area contributed by atoms with Gasteiger partial charge in [0, 0.05) is 23.6 Å². The third-order valence-corrected chi connectivity index (χ3v) is 6.10. The number of Topliss-reactive ketones (excluding diaryl/α,β-unsaturated/α-hetero) is 1. The van der Waals surface area contributed by atoms with Crippen molar-refractivity contribution in [2.75, 3.05) is 5.32 Å². The summed E-state index contributed by atoms with van der Waals surface area (Å²) in [5.74, 6) is -0.134. The van der Waals surface area contributed by atoms with E-state index in [-0.39, 0.29) is 18.1 Å². The number of benzene rings is 1. The van der Waals surface area contributed by atoms with E-state index in [1.165, 1.54) is 11.8 Å². The van der Waals surface area contributed by atoms with Crippen LogP contribution in [0.1, 0.15) is 22.8 Å². The lowest BCUT2D eigenvalue weighted by atomic mass is 10.0. The molecule has 1 N–H and O–H groups in total. The van der Waals surface area contributed by atoms with Crippen molar-refractivity contribution in [1.82, 2.24) is 25.1 Å². The van der Waals surface area contributed by atoms with Gasteiger partial charge in [0.25, 0.3) is 0 Å². The Balaban J connectivity index is 1.43. The fourth-order valence-corrected chi connectivity index (χ4v) is 4.34. The van der Waals surface area contributed by atoms with E-state index >= 15 is 0 Å². The minimum absolute atomic E-state index is 0.0634. The largest absolute Gasteiger partial charge is 0.326 e. The number of carbonyl (C=O) groups excluding carboxylic acids is 2. The molecule has 0 fully saturated rings. The van der Waals surface area contributed by atoms with Crippen molar-refractivity contribution in [1.29, 1.82) is 0 Å². The number of fused-ring (bicyclic) bond motifs is 1. The topological polar surface area (TPSA) is 111 Å². The Hall–Kier alpha value is -3.98. The van der Waals surface area contributed by atoms with Gasteiger partial charge in [-0.1, -0.05) is 23.9 Å². The highest BCUT2D eigenvalue weighted by Crippen LogP contribution is 2.30. The molecule has 0 spiro atoms. The number of aromatic nitrogens is 5. The second-order valence-electron chi connectivity index (χ2n) is 7.44. The van der Waals surface area contributed by atoms with Crippen LogP contribution in [-0.2, 0) is 11.2 Å². The van der Waals surface area contributed by atoms with E-state index < -0.39 is 5.25 Å². The van der Waals surface area contributed by atoms with Crippen LogP contribution in [0, 0.1) is 0 Å². The van der Waals surface area contributed by atoms with Gasteiger partial charge in [-0.05, 0) is 55.0 Å². The van der Waals surface area contributed by atoms with Gasteiger partial charge in [0.1, 0.15) is 11.4 Å². The Morgan fingerprint density at radius 2 is 1.70 bits per heavy atom. The van der Waals surface area contributed by atoms with Gasteiger partial charge in [-0.25, -0.2) is 4.98 Å². The Morgan fingerprint density at radius 1 is 0.970 bits per heavy atom. The number of carbonyl (C=O) groups is 2. The third kappa shape index (κ3) is 4.35. The molecule has 0 bridgehead atoms. The molecule has 0 saturated carbocycles. The Labute approximate surface area is 193 Å². The normalized spacial score (nSPS) is 13.3. The molecule has 1 aliphatic heterocycles. The van der Waals surface area contributed by atoms with Gasteiger partial charge in [-0.2, -0.15) is 0 Å². The summed E-state index contributed by atoms with van der Waals surface area (Å²) in [7, 11) is 0. The quantitative estimate of drug-likeness (QED) is 0.345. The molecule has 4 aromatic rings. The standard InChI is InChI=1S/C24H18N6O2S/c1-14(23(32)15-8-9-17-16(12-15)13-20(31)27-17)33-24-28-21(18-6-2-4-10-25-18)22(29-30-24)19-7-3-5-11-26-19/h2-12,14H,13H2,1H3,(H,27,31)/t14-/m1/s1.